The molecule has 1 unspecified atom stereocenters. The molecule has 4 rings (SSSR count). The van der Waals surface area contributed by atoms with Gasteiger partial charge in [-0.1, -0.05) is 67.6 Å². The summed E-state index contributed by atoms with van der Waals surface area (Å²) in [6, 6.07) is 21.2. The Balaban J connectivity index is 1.93. The zero-order valence-electron chi connectivity index (χ0n) is 18.1. The average molecular weight is 566 g/mol. The van der Waals surface area contributed by atoms with Crippen LogP contribution in [0.5, 0.6) is 0 Å². The van der Waals surface area contributed by atoms with Crippen LogP contribution in [0.3, 0.4) is 0 Å². The van der Waals surface area contributed by atoms with Crippen molar-refractivity contribution < 1.29 is 24.0 Å². The third-order valence-electron chi connectivity index (χ3n) is 5.85. The molecule has 0 aromatic heterocycles. The third-order valence-corrected chi connectivity index (χ3v) is 6.79. The summed E-state index contributed by atoms with van der Waals surface area (Å²) in [6.07, 6.45) is -0.0593. The molecule has 0 radical (unpaired) electrons. The van der Waals surface area contributed by atoms with Gasteiger partial charge in [-0.25, -0.2) is 4.79 Å². The fourth-order valence-corrected chi connectivity index (χ4v) is 4.66. The molecule has 1 heterocycles. The highest BCUT2D eigenvalue weighted by molar-refractivity contribution is 14.1. The molecule has 1 aliphatic rings. The van der Waals surface area contributed by atoms with Crippen molar-refractivity contribution in [2.45, 2.75) is 18.8 Å². The molecule has 0 N–H and O–H groups in total. The topological polar surface area (TPSA) is 91.8 Å². The molecule has 7 nitrogen and oxygen atoms in total. The summed E-state index contributed by atoms with van der Waals surface area (Å²) in [6.45, 7) is 1.61. The summed E-state index contributed by atoms with van der Waals surface area (Å²) in [5.74, 6) is -3.75. The van der Waals surface area contributed by atoms with Gasteiger partial charge >= 0.3 is 6.03 Å². The van der Waals surface area contributed by atoms with Crippen molar-refractivity contribution in [2.24, 2.45) is 0 Å². The predicted octanol–water partition coefficient (Wildman–Crippen LogP) is 4.41. The van der Waals surface area contributed by atoms with Crippen molar-refractivity contribution in [3.05, 3.63) is 105 Å². The maximum absolute atomic E-state index is 13.9. The third kappa shape index (κ3) is 3.63. The molecule has 1 saturated heterocycles. The van der Waals surface area contributed by atoms with Crippen LogP contribution in [0.4, 0.5) is 4.79 Å². The molecule has 6 amide bonds. The smallest absolute Gasteiger partial charge is 0.272 e. The molecule has 1 fully saturated rings. The monoisotopic (exact) mass is 566 g/mol. The Hall–Kier alpha value is -3.66. The van der Waals surface area contributed by atoms with E-state index in [2.05, 4.69) is 0 Å². The van der Waals surface area contributed by atoms with Crippen LogP contribution in [-0.4, -0.2) is 39.5 Å². The van der Waals surface area contributed by atoms with Crippen LogP contribution >= 0.6 is 22.6 Å². The van der Waals surface area contributed by atoms with Gasteiger partial charge in [-0.15, -0.1) is 0 Å². The normalized spacial score (nSPS) is 18.2. The van der Waals surface area contributed by atoms with E-state index in [0.29, 0.717) is 18.9 Å². The van der Waals surface area contributed by atoms with Crippen LogP contribution in [0.1, 0.15) is 39.6 Å². The number of imide groups is 6. The number of hydrogen-bond donors (Lipinski definition) is 0. The molecule has 1 atom stereocenters. The SMILES string of the molecule is CCC1(c2ccccc2)C(=O)N(C(=O)c2ccccc2)C(=O)N(C(=O)c2ccccc2I)C1=O. The molecule has 1 aliphatic heterocycles. The summed E-state index contributed by atoms with van der Waals surface area (Å²) in [5.41, 5.74) is -1.43. The number of halogens is 1. The Kier molecular flexibility index (Phi) is 6.43. The number of carbonyl (C=O) groups excluding carboxylic acids is 5. The van der Waals surface area contributed by atoms with Crippen LogP contribution < -0.4 is 0 Å². The molecule has 3 aromatic rings. The lowest BCUT2D eigenvalue weighted by Crippen LogP contribution is -2.69. The molecule has 0 aliphatic carbocycles. The Morgan fingerprint density at radius 3 is 1.79 bits per heavy atom. The summed E-state index contributed by atoms with van der Waals surface area (Å²) in [7, 11) is 0. The van der Waals surface area contributed by atoms with Crippen molar-refractivity contribution in [3.63, 3.8) is 0 Å². The standard InChI is InChI=1S/C26H19IN2O5/c1-2-26(18-13-7-4-8-14-18)23(32)28(21(30)17-11-5-3-6-12-17)25(34)29(24(26)33)22(31)19-15-9-10-16-20(19)27/h3-16H,2H2,1H3. The molecular weight excluding hydrogens is 547 g/mol. The molecule has 0 spiro atoms. The minimum atomic E-state index is -1.92. The number of hydrogen-bond acceptors (Lipinski definition) is 5. The molecule has 0 saturated carbocycles. The highest BCUT2D eigenvalue weighted by Gasteiger charge is 2.60. The zero-order chi connectivity index (χ0) is 24.5. The second-order valence-electron chi connectivity index (χ2n) is 7.64. The quantitative estimate of drug-likeness (QED) is 0.265. The van der Waals surface area contributed by atoms with Crippen molar-refractivity contribution in [3.8, 4) is 0 Å². The van der Waals surface area contributed by atoms with Gasteiger partial charge in [0, 0.05) is 9.13 Å². The van der Waals surface area contributed by atoms with Gasteiger partial charge in [0.15, 0.2) is 5.41 Å². The summed E-state index contributed by atoms with van der Waals surface area (Å²) in [5, 5.41) is 0. The second kappa shape index (κ2) is 9.30. The minimum Gasteiger partial charge on any atom is -0.272 e. The molecule has 34 heavy (non-hydrogen) atoms. The van der Waals surface area contributed by atoms with Crippen LogP contribution in [0.2, 0.25) is 0 Å². The number of benzene rings is 3. The van der Waals surface area contributed by atoms with Gasteiger partial charge in [-0.05, 0) is 58.8 Å². The van der Waals surface area contributed by atoms with Crippen molar-refractivity contribution in [1.29, 1.82) is 0 Å². The average Bonchev–Trinajstić information content (AvgIpc) is 2.86. The van der Waals surface area contributed by atoms with Crippen LogP contribution in [0, 0.1) is 3.57 Å². The predicted molar refractivity (Wildman–Crippen MR) is 132 cm³/mol. The van der Waals surface area contributed by atoms with Gasteiger partial charge in [0.05, 0.1) is 5.56 Å². The summed E-state index contributed by atoms with van der Waals surface area (Å²) >= 11 is 1.93. The van der Waals surface area contributed by atoms with Gasteiger partial charge in [0.1, 0.15) is 0 Å². The second-order valence-corrected chi connectivity index (χ2v) is 8.81. The number of nitrogens with zero attached hydrogens (tertiary/aromatic N) is 2. The first-order valence-electron chi connectivity index (χ1n) is 10.5. The molecule has 170 valence electrons. The highest BCUT2D eigenvalue weighted by atomic mass is 127. The van der Waals surface area contributed by atoms with Crippen LogP contribution in [-0.2, 0) is 15.0 Å². The van der Waals surface area contributed by atoms with Crippen molar-refractivity contribution >= 4 is 52.3 Å². The first-order chi connectivity index (χ1) is 16.3. The Morgan fingerprint density at radius 1 is 0.735 bits per heavy atom. The van der Waals surface area contributed by atoms with E-state index < -0.39 is 35.1 Å². The van der Waals surface area contributed by atoms with E-state index in [9.17, 15) is 24.0 Å². The number of urea groups is 1. The maximum atomic E-state index is 13.9. The van der Waals surface area contributed by atoms with Gasteiger partial charge in [-0.2, -0.15) is 9.80 Å². The number of carbonyl (C=O) groups is 5. The number of rotatable bonds is 4. The first-order valence-corrected chi connectivity index (χ1v) is 11.6. The van der Waals surface area contributed by atoms with E-state index >= 15 is 0 Å². The molecule has 3 aromatic carbocycles. The van der Waals surface area contributed by atoms with Gasteiger partial charge in [0.2, 0.25) is 0 Å². The van der Waals surface area contributed by atoms with E-state index in [4.69, 9.17) is 0 Å². The van der Waals surface area contributed by atoms with Crippen molar-refractivity contribution in [1.82, 2.24) is 9.80 Å². The lowest BCUT2D eigenvalue weighted by Gasteiger charge is -2.42. The van der Waals surface area contributed by atoms with Crippen LogP contribution in [0.15, 0.2) is 84.9 Å². The van der Waals surface area contributed by atoms with Gasteiger partial charge in [-0.3, -0.25) is 19.2 Å². The highest BCUT2D eigenvalue weighted by Crippen LogP contribution is 2.38. The minimum absolute atomic E-state index is 0.0593. The Labute approximate surface area is 209 Å². The summed E-state index contributed by atoms with van der Waals surface area (Å²) in [4.78, 5) is 68.9. The maximum Gasteiger partial charge on any atom is 0.347 e. The van der Waals surface area contributed by atoms with Crippen molar-refractivity contribution in [2.75, 3.05) is 0 Å². The first kappa shape index (κ1) is 23.5. The number of amides is 6. The molecule has 0 bridgehead atoms. The van der Waals surface area contributed by atoms with Gasteiger partial charge < -0.3 is 0 Å². The van der Waals surface area contributed by atoms with E-state index in [1.54, 1.807) is 73.7 Å². The summed E-state index contributed by atoms with van der Waals surface area (Å²) < 4.78 is 0.519. The largest absolute Gasteiger partial charge is 0.347 e. The number of barbiturate groups is 1. The Morgan fingerprint density at radius 2 is 1.24 bits per heavy atom. The zero-order valence-corrected chi connectivity index (χ0v) is 20.3. The lowest BCUT2D eigenvalue weighted by molar-refractivity contribution is -0.148. The van der Waals surface area contributed by atoms with E-state index in [1.165, 1.54) is 18.2 Å². The van der Waals surface area contributed by atoms with E-state index in [-0.39, 0.29) is 17.5 Å². The molecular formula is C26H19IN2O5. The fraction of sp³-hybridized carbons (Fsp3) is 0.115. The lowest BCUT2D eigenvalue weighted by atomic mass is 9.74. The van der Waals surface area contributed by atoms with Gasteiger partial charge in [0.25, 0.3) is 23.6 Å². The fourth-order valence-electron chi connectivity index (χ4n) is 4.05. The molecule has 8 heteroatoms. The van der Waals surface area contributed by atoms with E-state index in [0.717, 1.165) is 0 Å². The Bertz CT molecular complexity index is 1310. The van der Waals surface area contributed by atoms with Crippen LogP contribution in [0.25, 0.3) is 0 Å². The van der Waals surface area contributed by atoms with E-state index in [1.807, 2.05) is 22.6 Å².